The summed E-state index contributed by atoms with van der Waals surface area (Å²) in [6.07, 6.45) is 3.25. The lowest BCUT2D eigenvalue weighted by Gasteiger charge is -2.39. The zero-order valence-corrected chi connectivity index (χ0v) is 21.9. The highest BCUT2D eigenvalue weighted by atomic mass is 16.6. The van der Waals surface area contributed by atoms with Crippen LogP contribution in [-0.2, 0) is 20.9 Å². The molecule has 1 fully saturated rings. The number of rotatable bonds is 11. The van der Waals surface area contributed by atoms with Gasteiger partial charge in [-0.1, -0.05) is 62.2 Å². The Morgan fingerprint density at radius 2 is 1.79 bits per heavy atom. The van der Waals surface area contributed by atoms with Crippen LogP contribution in [0, 0.1) is 16.7 Å². The fraction of sp³-hybridized carbons (Fsp3) is 0.704. The van der Waals surface area contributed by atoms with Gasteiger partial charge in [-0.2, -0.15) is 4.91 Å². The number of carbonyl (C=O) groups is 2. The normalized spacial score (nSPS) is 22.9. The number of benzene rings is 1. The van der Waals surface area contributed by atoms with Crippen molar-refractivity contribution in [2.75, 3.05) is 0 Å². The maximum Gasteiger partial charge on any atom is 0.323 e. The zero-order chi connectivity index (χ0) is 25.5. The van der Waals surface area contributed by atoms with E-state index in [0.29, 0.717) is 18.9 Å². The van der Waals surface area contributed by atoms with E-state index in [0.717, 1.165) is 24.8 Å². The van der Waals surface area contributed by atoms with Crippen LogP contribution < -0.4 is 5.32 Å². The third-order valence-electron chi connectivity index (χ3n) is 6.93. The highest BCUT2D eigenvalue weighted by Gasteiger charge is 2.51. The van der Waals surface area contributed by atoms with Gasteiger partial charge in [-0.05, 0) is 52.0 Å². The van der Waals surface area contributed by atoms with Crippen molar-refractivity contribution in [1.29, 1.82) is 0 Å². The average molecular weight is 474 g/mol. The lowest BCUT2D eigenvalue weighted by atomic mass is 9.83. The average Bonchev–Trinajstić information content (AvgIpc) is 3.14. The summed E-state index contributed by atoms with van der Waals surface area (Å²) in [5, 5.41) is 6.55. The number of nitrogens with one attached hydrogen (secondary N) is 1. The first-order chi connectivity index (χ1) is 16.0. The van der Waals surface area contributed by atoms with Gasteiger partial charge in [-0.15, -0.1) is 0 Å². The van der Waals surface area contributed by atoms with Crippen molar-refractivity contribution < 1.29 is 14.3 Å². The first kappa shape index (κ1) is 28.0. The van der Waals surface area contributed by atoms with E-state index in [-0.39, 0.29) is 29.9 Å². The predicted molar refractivity (Wildman–Crippen MR) is 135 cm³/mol. The number of carbonyl (C=O) groups excluding carboxylic acids is 2. The van der Waals surface area contributed by atoms with E-state index in [9.17, 15) is 14.5 Å². The molecular weight excluding hydrogens is 430 g/mol. The first-order valence-electron chi connectivity index (χ1n) is 12.6. The maximum atomic E-state index is 13.4. The first-order valence-corrected chi connectivity index (χ1v) is 12.6. The predicted octanol–water partition coefficient (Wildman–Crippen LogP) is 5.07. The van der Waals surface area contributed by atoms with Crippen molar-refractivity contribution in [3.8, 4) is 0 Å². The second kappa shape index (κ2) is 12.4. The van der Waals surface area contributed by atoms with Crippen LogP contribution >= 0.6 is 0 Å². The van der Waals surface area contributed by atoms with Gasteiger partial charge in [0.1, 0.15) is 11.6 Å². The van der Waals surface area contributed by atoms with Crippen molar-refractivity contribution >= 4 is 11.9 Å². The monoisotopic (exact) mass is 473 g/mol. The van der Waals surface area contributed by atoms with Gasteiger partial charge in [0.15, 0.2) is 0 Å². The summed E-state index contributed by atoms with van der Waals surface area (Å²) in [6.45, 7) is 13.8. The Morgan fingerprint density at radius 3 is 2.29 bits per heavy atom. The van der Waals surface area contributed by atoms with Crippen LogP contribution in [0.5, 0.6) is 0 Å². The molecule has 0 bridgehead atoms. The van der Waals surface area contributed by atoms with Gasteiger partial charge in [0.25, 0.3) is 0 Å². The van der Waals surface area contributed by atoms with Gasteiger partial charge in [0.05, 0.1) is 6.04 Å². The molecule has 1 aromatic carbocycles. The molecule has 5 atom stereocenters. The number of nitrogens with zero attached hydrogens (tertiary/aromatic N) is 2. The second-order valence-corrected chi connectivity index (χ2v) is 10.7. The van der Waals surface area contributed by atoms with E-state index < -0.39 is 17.7 Å². The van der Waals surface area contributed by atoms with Crippen LogP contribution in [0.25, 0.3) is 0 Å². The molecule has 0 aromatic heterocycles. The fourth-order valence-corrected chi connectivity index (χ4v) is 5.21. The summed E-state index contributed by atoms with van der Waals surface area (Å²) in [5.74, 6) is -0.152. The van der Waals surface area contributed by atoms with Crippen molar-refractivity contribution in [2.24, 2.45) is 17.0 Å². The van der Waals surface area contributed by atoms with Gasteiger partial charge in [-0.25, -0.2) is 0 Å². The topological polar surface area (TPSA) is 88.1 Å². The van der Waals surface area contributed by atoms with Crippen molar-refractivity contribution in [3.63, 3.8) is 0 Å². The van der Waals surface area contributed by atoms with Crippen LogP contribution in [-0.4, -0.2) is 46.5 Å². The maximum absolute atomic E-state index is 13.4. The van der Waals surface area contributed by atoms with Gasteiger partial charge in [-0.3, -0.25) is 14.5 Å². The smallest absolute Gasteiger partial charge is 0.323 e. The minimum atomic E-state index is -0.621. The van der Waals surface area contributed by atoms with Crippen LogP contribution in [0.2, 0.25) is 0 Å². The molecule has 2 rings (SSSR count). The Kier molecular flexibility index (Phi) is 10.2. The Balaban J connectivity index is 2.55. The molecule has 1 aliphatic heterocycles. The largest absolute Gasteiger partial charge is 0.459 e. The summed E-state index contributed by atoms with van der Waals surface area (Å²) in [5.41, 5.74) is 0.446. The van der Waals surface area contributed by atoms with E-state index >= 15 is 0 Å². The van der Waals surface area contributed by atoms with Gasteiger partial charge >= 0.3 is 5.97 Å². The summed E-state index contributed by atoms with van der Waals surface area (Å²) >= 11 is 0. The van der Waals surface area contributed by atoms with Crippen LogP contribution in [0.1, 0.15) is 79.7 Å². The third-order valence-corrected chi connectivity index (χ3v) is 6.93. The van der Waals surface area contributed by atoms with E-state index in [2.05, 4.69) is 29.2 Å². The van der Waals surface area contributed by atoms with E-state index in [1.54, 1.807) is 0 Å². The lowest BCUT2D eigenvalue weighted by molar-refractivity contribution is -0.161. The zero-order valence-electron chi connectivity index (χ0n) is 21.9. The molecule has 0 radical (unpaired) electrons. The Bertz CT molecular complexity index is 804. The van der Waals surface area contributed by atoms with Crippen LogP contribution in [0.15, 0.2) is 35.5 Å². The molecule has 1 saturated heterocycles. The minimum absolute atomic E-state index is 0.109. The quantitative estimate of drug-likeness (QED) is 0.358. The lowest BCUT2D eigenvalue weighted by Crippen LogP contribution is -2.55. The number of hydrogen-bond acceptors (Lipinski definition) is 6. The molecule has 1 amide bonds. The fourth-order valence-electron chi connectivity index (χ4n) is 5.21. The Morgan fingerprint density at radius 1 is 1.18 bits per heavy atom. The number of hydrogen-bond donors (Lipinski definition) is 1. The highest BCUT2D eigenvalue weighted by molar-refractivity contribution is 5.77. The summed E-state index contributed by atoms with van der Waals surface area (Å²) in [4.78, 5) is 39.5. The number of esters is 1. The molecule has 0 saturated carbocycles. The number of likely N-dealkylation sites (tertiary alicyclic amines) is 1. The molecule has 7 nitrogen and oxygen atoms in total. The third kappa shape index (κ3) is 7.62. The number of nitroso groups, excluding NO2 is 1. The summed E-state index contributed by atoms with van der Waals surface area (Å²) in [6, 6.07) is 8.56. The molecule has 1 aromatic rings. The summed E-state index contributed by atoms with van der Waals surface area (Å²) < 4.78 is 5.81. The van der Waals surface area contributed by atoms with Crippen molar-refractivity contribution in [2.45, 2.75) is 110 Å². The van der Waals surface area contributed by atoms with E-state index in [4.69, 9.17) is 4.74 Å². The van der Waals surface area contributed by atoms with Gasteiger partial charge in [0, 0.05) is 31.5 Å². The van der Waals surface area contributed by atoms with Gasteiger partial charge in [0.2, 0.25) is 5.91 Å². The Labute approximate surface area is 205 Å². The standard InChI is InChI=1S/C27H43N3O4/c1-8-20(9-2)15-23(28-19(4)31)25-22(18(3)29-33)16-24(26(32)34-27(5,6)7)30(25)17-21-13-11-10-12-14-21/h10-14,18,20,22-25H,8-9,15-17H2,1-7H3,(H,28,31)/t18?,22-,23-,24-,25+/m0/s1. The van der Waals surface area contributed by atoms with E-state index in [1.807, 2.05) is 58.0 Å². The molecule has 34 heavy (non-hydrogen) atoms. The van der Waals surface area contributed by atoms with Gasteiger partial charge < -0.3 is 10.1 Å². The molecular formula is C27H43N3O4. The number of amides is 1. The molecule has 1 unspecified atom stereocenters. The molecule has 1 N–H and O–H groups in total. The van der Waals surface area contributed by atoms with Crippen LogP contribution in [0.3, 0.4) is 0 Å². The Hall–Kier alpha value is -2.28. The summed E-state index contributed by atoms with van der Waals surface area (Å²) in [7, 11) is 0. The SMILES string of the molecule is CCC(CC)C[C@H](NC(C)=O)[C@H]1[C@H](C(C)N=O)C[C@@H](C(=O)OC(C)(C)C)N1Cc1ccccc1. The van der Waals surface area contributed by atoms with E-state index in [1.165, 1.54) is 6.92 Å². The minimum Gasteiger partial charge on any atom is -0.459 e. The molecule has 1 aliphatic rings. The molecule has 7 heteroatoms. The second-order valence-electron chi connectivity index (χ2n) is 10.7. The molecule has 0 aliphatic carbocycles. The number of ether oxygens (including phenoxy) is 1. The molecule has 1 heterocycles. The van der Waals surface area contributed by atoms with Crippen molar-refractivity contribution in [3.05, 3.63) is 40.8 Å². The van der Waals surface area contributed by atoms with Crippen molar-refractivity contribution in [1.82, 2.24) is 10.2 Å². The highest BCUT2D eigenvalue weighted by Crippen LogP contribution is 2.39. The molecule has 0 spiro atoms. The molecule has 190 valence electrons. The van der Waals surface area contributed by atoms with Crippen LogP contribution in [0.4, 0.5) is 0 Å².